The molecule has 1 aliphatic heterocycles. The maximum Gasteiger partial charge on any atom is 0.308 e. The Morgan fingerprint density at radius 2 is 1.92 bits per heavy atom. The summed E-state index contributed by atoms with van der Waals surface area (Å²) in [6.07, 6.45) is 5.68. The molecule has 0 N–H and O–H groups in total. The fourth-order valence-corrected chi connectivity index (χ4v) is 1.26. The summed E-state index contributed by atoms with van der Waals surface area (Å²) in [7, 11) is 0. The minimum atomic E-state index is -0.0365. The van der Waals surface area contributed by atoms with Crippen molar-refractivity contribution in [2.24, 2.45) is 11.8 Å². The molecule has 74 valence electrons. The fraction of sp³-hybridized carbons (Fsp3) is 0.727. The molecule has 0 aliphatic carbocycles. The van der Waals surface area contributed by atoms with Gasteiger partial charge in [-0.3, -0.25) is 4.79 Å². The van der Waals surface area contributed by atoms with Gasteiger partial charge in [-0.05, 0) is 26.2 Å². The zero-order chi connectivity index (χ0) is 10.4. The molecule has 1 saturated heterocycles. The van der Waals surface area contributed by atoms with Crippen LogP contribution in [0.15, 0.2) is 0 Å². The molecule has 0 radical (unpaired) electrons. The van der Waals surface area contributed by atoms with Gasteiger partial charge in [0.15, 0.2) is 0 Å². The zero-order valence-corrected chi connectivity index (χ0v) is 8.83. The molecule has 0 saturated carbocycles. The highest BCUT2D eigenvalue weighted by Crippen LogP contribution is 2.24. The van der Waals surface area contributed by atoms with Gasteiger partial charge >= 0.3 is 5.97 Å². The molecule has 1 aliphatic rings. The lowest BCUT2D eigenvalue weighted by Crippen LogP contribution is -2.33. The molecular weight excluding hydrogens is 164 g/mol. The molecule has 1 fully saturated rings. The first kappa shape index (κ1) is 12.0. The van der Waals surface area contributed by atoms with E-state index in [1.54, 1.807) is 6.92 Å². The van der Waals surface area contributed by atoms with Gasteiger partial charge in [0, 0.05) is 0 Å². The lowest BCUT2D eigenvalue weighted by molar-refractivity contribution is -0.162. The van der Waals surface area contributed by atoms with E-state index < -0.39 is 0 Å². The quantitative estimate of drug-likeness (QED) is 0.424. The van der Waals surface area contributed by atoms with Crippen LogP contribution in [0.4, 0.5) is 0 Å². The molecule has 1 rings (SSSR count). The maximum absolute atomic E-state index is 10.9. The predicted molar refractivity (Wildman–Crippen MR) is 53.0 cm³/mol. The lowest BCUT2D eigenvalue weighted by Gasteiger charge is -2.29. The number of cyclic esters (lactones) is 1. The van der Waals surface area contributed by atoms with Gasteiger partial charge in [0.05, 0.1) is 5.92 Å². The molecule has 0 amide bonds. The Morgan fingerprint density at radius 1 is 1.46 bits per heavy atom. The number of ether oxygens (including phenoxy) is 1. The summed E-state index contributed by atoms with van der Waals surface area (Å²) in [5.41, 5.74) is 0. The summed E-state index contributed by atoms with van der Waals surface area (Å²) >= 11 is 0. The minimum absolute atomic E-state index is 0.0365. The molecule has 2 unspecified atom stereocenters. The Bertz CT molecular complexity index is 203. The van der Waals surface area contributed by atoms with Crippen LogP contribution in [0.25, 0.3) is 0 Å². The van der Waals surface area contributed by atoms with Crippen LogP contribution in [0.3, 0.4) is 0 Å². The van der Waals surface area contributed by atoms with Crippen molar-refractivity contribution in [2.75, 3.05) is 0 Å². The second kappa shape index (κ2) is 5.64. The molecule has 1 heterocycles. The van der Waals surface area contributed by atoms with Crippen LogP contribution in [0.1, 0.15) is 34.1 Å². The summed E-state index contributed by atoms with van der Waals surface area (Å²) in [5.74, 6) is 2.84. The van der Waals surface area contributed by atoms with Crippen molar-refractivity contribution >= 4 is 5.97 Å². The topological polar surface area (TPSA) is 26.3 Å². The van der Waals surface area contributed by atoms with Crippen molar-refractivity contribution in [1.82, 2.24) is 0 Å². The van der Waals surface area contributed by atoms with Gasteiger partial charge in [-0.2, -0.15) is 0 Å². The average Bonchev–Trinajstić information content (AvgIpc) is 2.03. The summed E-state index contributed by atoms with van der Waals surface area (Å²) < 4.78 is 5.07. The SMILES string of the molecule is C#CC.CC1CC(C)[C@H](C)OC1=O. The van der Waals surface area contributed by atoms with Crippen LogP contribution in [-0.2, 0) is 9.53 Å². The van der Waals surface area contributed by atoms with Crippen molar-refractivity contribution < 1.29 is 9.53 Å². The van der Waals surface area contributed by atoms with Crippen molar-refractivity contribution in [3.8, 4) is 12.3 Å². The maximum atomic E-state index is 10.9. The van der Waals surface area contributed by atoms with Gasteiger partial charge in [0.2, 0.25) is 0 Å². The van der Waals surface area contributed by atoms with E-state index in [2.05, 4.69) is 19.3 Å². The molecule has 13 heavy (non-hydrogen) atoms. The summed E-state index contributed by atoms with van der Waals surface area (Å²) in [6.45, 7) is 7.65. The Balaban J connectivity index is 0.000000424. The minimum Gasteiger partial charge on any atom is -0.462 e. The Hall–Kier alpha value is -0.970. The summed E-state index contributed by atoms with van der Waals surface area (Å²) in [6, 6.07) is 0. The van der Waals surface area contributed by atoms with E-state index in [1.165, 1.54) is 0 Å². The van der Waals surface area contributed by atoms with E-state index in [0.29, 0.717) is 5.92 Å². The lowest BCUT2D eigenvalue weighted by atomic mass is 9.91. The zero-order valence-electron chi connectivity index (χ0n) is 8.83. The first-order valence-electron chi connectivity index (χ1n) is 4.60. The highest BCUT2D eigenvalue weighted by atomic mass is 16.5. The third-order valence-electron chi connectivity index (χ3n) is 2.23. The van der Waals surface area contributed by atoms with Crippen LogP contribution in [0, 0.1) is 24.2 Å². The first-order valence-corrected chi connectivity index (χ1v) is 4.60. The molecular formula is C11H18O2. The van der Waals surface area contributed by atoms with E-state index in [9.17, 15) is 4.79 Å². The van der Waals surface area contributed by atoms with Gasteiger partial charge < -0.3 is 4.74 Å². The van der Waals surface area contributed by atoms with E-state index in [1.807, 2.05) is 13.8 Å². The number of carbonyl (C=O) groups is 1. The fourth-order valence-electron chi connectivity index (χ4n) is 1.26. The van der Waals surface area contributed by atoms with Crippen molar-refractivity contribution in [3.63, 3.8) is 0 Å². The molecule has 0 aromatic rings. The number of carbonyl (C=O) groups excluding carboxylic acids is 1. The van der Waals surface area contributed by atoms with Crippen LogP contribution in [0.5, 0.6) is 0 Å². The second-order valence-electron chi connectivity index (χ2n) is 3.54. The Morgan fingerprint density at radius 3 is 2.31 bits per heavy atom. The number of hydrogen-bond acceptors (Lipinski definition) is 2. The molecule has 3 atom stereocenters. The monoisotopic (exact) mass is 182 g/mol. The van der Waals surface area contributed by atoms with Crippen molar-refractivity contribution in [1.29, 1.82) is 0 Å². The van der Waals surface area contributed by atoms with Crippen LogP contribution < -0.4 is 0 Å². The van der Waals surface area contributed by atoms with Crippen LogP contribution in [0.2, 0.25) is 0 Å². The average molecular weight is 182 g/mol. The molecule has 2 nitrogen and oxygen atoms in total. The predicted octanol–water partition coefficient (Wildman–Crippen LogP) is 2.23. The third kappa shape index (κ3) is 3.98. The molecule has 0 spiro atoms. The number of hydrogen-bond donors (Lipinski definition) is 0. The number of rotatable bonds is 0. The van der Waals surface area contributed by atoms with Gasteiger partial charge in [0.1, 0.15) is 6.10 Å². The number of esters is 1. The normalized spacial score (nSPS) is 32.2. The Labute approximate surface area is 80.7 Å². The third-order valence-corrected chi connectivity index (χ3v) is 2.23. The molecule has 2 heteroatoms. The van der Waals surface area contributed by atoms with Crippen LogP contribution in [-0.4, -0.2) is 12.1 Å². The molecule has 0 aromatic heterocycles. The van der Waals surface area contributed by atoms with E-state index >= 15 is 0 Å². The number of terminal acetylenes is 1. The first-order chi connectivity index (χ1) is 6.02. The smallest absolute Gasteiger partial charge is 0.308 e. The largest absolute Gasteiger partial charge is 0.462 e. The van der Waals surface area contributed by atoms with Crippen molar-refractivity contribution in [3.05, 3.63) is 0 Å². The molecule has 0 bridgehead atoms. The standard InChI is InChI=1S/C8H14O2.C3H4/c1-5-4-6(2)8(9)10-7(5)3;1-3-2/h5-7H,4H2,1-3H3;1H,2H3/t5?,6?,7-;/m0./s1. The van der Waals surface area contributed by atoms with E-state index in [0.717, 1.165) is 6.42 Å². The van der Waals surface area contributed by atoms with E-state index in [4.69, 9.17) is 4.74 Å². The van der Waals surface area contributed by atoms with Crippen molar-refractivity contribution in [2.45, 2.75) is 40.2 Å². The second-order valence-corrected chi connectivity index (χ2v) is 3.54. The highest BCUT2D eigenvalue weighted by molar-refractivity contribution is 5.72. The highest BCUT2D eigenvalue weighted by Gasteiger charge is 2.29. The molecule has 0 aromatic carbocycles. The van der Waals surface area contributed by atoms with Gasteiger partial charge in [-0.15, -0.1) is 12.3 Å². The Kier molecular flexibility index (Phi) is 5.22. The summed E-state index contributed by atoms with van der Waals surface area (Å²) in [5, 5.41) is 0. The summed E-state index contributed by atoms with van der Waals surface area (Å²) in [4.78, 5) is 10.9. The van der Waals surface area contributed by atoms with Crippen LogP contribution >= 0.6 is 0 Å². The van der Waals surface area contributed by atoms with Gasteiger partial charge in [-0.25, -0.2) is 0 Å². The van der Waals surface area contributed by atoms with E-state index in [-0.39, 0.29) is 18.0 Å². The van der Waals surface area contributed by atoms with Gasteiger partial charge in [0.25, 0.3) is 0 Å². The van der Waals surface area contributed by atoms with Gasteiger partial charge in [-0.1, -0.05) is 13.8 Å².